The van der Waals surface area contributed by atoms with Gasteiger partial charge in [0, 0.05) is 29.9 Å². The molecule has 1 saturated heterocycles. The zero-order valence-corrected chi connectivity index (χ0v) is 17.5. The second-order valence-electron chi connectivity index (χ2n) is 7.17. The highest BCUT2D eigenvalue weighted by molar-refractivity contribution is 7.78. The molecular formula is C24H26NO3P. The zero-order valence-electron chi connectivity index (χ0n) is 16.6. The molecule has 1 aliphatic heterocycles. The van der Waals surface area contributed by atoms with Crippen LogP contribution in [0.5, 0.6) is 5.75 Å². The molecule has 0 amide bonds. The van der Waals surface area contributed by atoms with E-state index in [1.54, 1.807) is 7.11 Å². The minimum absolute atomic E-state index is 0.110. The van der Waals surface area contributed by atoms with E-state index in [4.69, 9.17) is 9.47 Å². The normalized spacial score (nSPS) is 17.3. The molecule has 0 radical (unpaired) electrons. The van der Waals surface area contributed by atoms with E-state index in [0.29, 0.717) is 19.3 Å². The predicted molar refractivity (Wildman–Crippen MR) is 118 cm³/mol. The molecule has 1 aliphatic rings. The SMILES string of the molecule is COc1ccc(C2OCCN2CCP(=O)(c2ccccc2)c2ccccc2)cc1. The standard InChI is InChI=1S/C24H26NO3P/c1-27-21-14-12-20(13-15-21)24-25(16-18-28-24)17-19-29(26,22-8-4-2-5-9-22)23-10-6-3-7-11-23/h2-15,24H,16-19H2,1H3. The predicted octanol–water partition coefficient (Wildman–Crippen LogP) is 4.04. The summed E-state index contributed by atoms with van der Waals surface area (Å²) < 4.78 is 25.5. The van der Waals surface area contributed by atoms with Crippen LogP contribution in [0.1, 0.15) is 11.8 Å². The van der Waals surface area contributed by atoms with Gasteiger partial charge in [0.1, 0.15) is 19.1 Å². The summed E-state index contributed by atoms with van der Waals surface area (Å²) in [5.41, 5.74) is 1.09. The van der Waals surface area contributed by atoms with Crippen LogP contribution in [0.2, 0.25) is 0 Å². The van der Waals surface area contributed by atoms with Crippen molar-refractivity contribution in [3.8, 4) is 5.75 Å². The molecule has 4 nitrogen and oxygen atoms in total. The molecule has 0 N–H and O–H groups in total. The van der Waals surface area contributed by atoms with E-state index in [0.717, 1.165) is 28.5 Å². The van der Waals surface area contributed by atoms with Gasteiger partial charge in [0.2, 0.25) is 0 Å². The van der Waals surface area contributed by atoms with Gasteiger partial charge in [-0.25, -0.2) is 0 Å². The molecule has 1 atom stereocenters. The lowest BCUT2D eigenvalue weighted by Crippen LogP contribution is -2.30. The molecule has 0 saturated carbocycles. The number of hydrogen-bond donors (Lipinski definition) is 0. The maximum absolute atomic E-state index is 14.2. The van der Waals surface area contributed by atoms with E-state index in [1.165, 1.54) is 0 Å². The van der Waals surface area contributed by atoms with Gasteiger partial charge >= 0.3 is 0 Å². The third-order valence-corrected chi connectivity index (χ3v) is 8.53. The lowest BCUT2D eigenvalue weighted by Gasteiger charge is -2.26. The van der Waals surface area contributed by atoms with Gasteiger partial charge in [-0.1, -0.05) is 72.8 Å². The van der Waals surface area contributed by atoms with Crippen LogP contribution >= 0.6 is 7.14 Å². The minimum Gasteiger partial charge on any atom is -0.497 e. The van der Waals surface area contributed by atoms with Crippen LogP contribution in [0.15, 0.2) is 84.9 Å². The summed E-state index contributed by atoms with van der Waals surface area (Å²) in [7, 11) is -1.06. The highest BCUT2D eigenvalue weighted by Crippen LogP contribution is 2.43. The highest BCUT2D eigenvalue weighted by atomic mass is 31.2. The van der Waals surface area contributed by atoms with E-state index in [-0.39, 0.29) is 6.23 Å². The third-order valence-electron chi connectivity index (χ3n) is 5.44. The fraction of sp³-hybridized carbons (Fsp3) is 0.250. The lowest BCUT2D eigenvalue weighted by atomic mass is 10.2. The van der Waals surface area contributed by atoms with Crippen molar-refractivity contribution in [2.24, 2.45) is 0 Å². The first-order chi connectivity index (χ1) is 14.2. The maximum Gasteiger partial charge on any atom is 0.144 e. The molecule has 3 aromatic carbocycles. The molecule has 150 valence electrons. The Kier molecular flexibility index (Phi) is 6.15. The quantitative estimate of drug-likeness (QED) is 0.554. The average molecular weight is 407 g/mol. The number of nitrogens with zero attached hydrogens (tertiary/aromatic N) is 1. The molecule has 4 rings (SSSR count). The van der Waals surface area contributed by atoms with Crippen LogP contribution < -0.4 is 15.3 Å². The van der Waals surface area contributed by atoms with E-state index < -0.39 is 7.14 Å². The van der Waals surface area contributed by atoms with Crippen LogP contribution in [0.4, 0.5) is 0 Å². The van der Waals surface area contributed by atoms with Crippen molar-refractivity contribution in [3.63, 3.8) is 0 Å². The van der Waals surface area contributed by atoms with Gasteiger partial charge in [0.15, 0.2) is 0 Å². The summed E-state index contributed by atoms with van der Waals surface area (Å²) in [5, 5.41) is 1.82. The van der Waals surface area contributed by atoms with Gasteiger partial charge in [-0.05, 0) is 17.7 Å². The second-order valence-corrected chi connectivity index (χ2v) is 10.1. The monoisotopic (exact) mass is 407 g/mol. The summed E-state index contributed by atoms with van der Waals surface area (Å²) in [5.74, 6) is 0.830. The highest BCUT2D eigenvalue weighted by Gasteiger charge is 2.32. The topological polar surface area (TPSA) is 38.8 Å². The Balaban J connectivity index is 1.56. The molecule has 0 aromatic heterocycles. The summed E-state index contributed by atoms with van der Waals surface area (Å²) in [6.45, 7) is 2.22. The first-order valence-electron chi connectivity index (χ1n) is 9.90. The van der Waals surface area contributed by atoms with Crippen LogP contribution in [0.25, 0.3) is 0 Å². The molecule has 0 bridgehead atoms. The lowest BCUT2D eigenvalue weighted by molar-refractivity contribution is 0.0356. The van der Waals surface area contributed by atoms with Crippen molar-refractivity contribution in [2.75, 3.05) is 33.0 Å². The second kappa shape index (κ2) is 8.96. The molecule has 3 aromatic rings. The Hall–Kier alpha value is -2.39. The number of hydrogen-bond acceptors (Lipinski definition) is 4. The Morgan fingerprint density at radius 2 is 1.52 bits per heavy atom. The summed E-state index contributed by atoms with van der Waals surface area (Å²) >= 11 is 0. The van der Waals surface area contributed by atoms with E-state index >= 15 is 0 Å². The van der Waals surface area contributed by atoms with Crippen LogP contribution in [0.3, 0.4) is 0 Å². The first-order valence-corrected chi connectivity index (χ1v) is 11.8. The first kappa shape index (κ1) is 19.9. The van der Waals surface area contributed by atoms with Gasteiger partial charge in [-0.2, -0.15) is 0 Å². The molecule has 0 aliphatic carbocycles. The van der Waals surface area contributed by atoms with E-state index in [2.05, 4.69) is 4.90 Å². The molecular weight excluding hydrogens is 381 g/mol. The van der Waals surface area contributed by atoms with Crippen LogP contribution in [-0.2, 0) is 9.30 Å². The number of methoxy groups -OCH3 is 1. The molecule has 1 fully saturated rings. The summed E-state index contributed by atoms with van der Waals surface area (Å²) in [4.78, 5) is 2.28. The number of rotatable bonds is 7. The molecule has 29 heavy (non-hydrogen) atoms. The van der Waals surface area contributed by atoms with Crippen molar-refractivity contribution in [2.45, 2.75) is 6.23 Å². The molecule has 1 unspecified atom stereocenters. The molecule has 5 heteroatoms. The van der Waals surface area contributed by atoms with Gasteiger partial charge in [-0.15, -0.1) is 0 Å². The van der Waals surface area contributed by atoms with Gasteiger partial charge in [0.25, 0.3) is 0 Å². The van der Waals surface area contributed by atoms with Gasteiger partial charge in [-0.3, -0.25) is 4.90 Å². The van der Waals surface area contributed by atoms with Crippen molar-refractivity contribution in [1.82, 2.24) is 4.90 Å². The maximum atomic E-state index is 14.2. The Labute approximate surface area is 172 Å². The van der Waals surface area contributed by atoms with Gasteiger partial charge in [0.05, 0.1) is 13.7 Å². The fourth-order valence-electron chi connectivity index (χ4n) is 3.82. The van der Waals surface area contributed by atoms with Crippen molar-refractivity contribution in [3.05, 3.63) is 90.5 Å². The van der Waals surface area contributed by atoms with E-state index in [9.17, 15) is 4.57 Å². The summed E-state index contributed by atoms with van der Waals surface area (Å²) in [6.07, 6.45) is 0.470. The average Bonchev–Trinajstić information content (AvgIpc) is 3.27. The number of ether oxygens (including phenoxy) is 2. The molecule has 0 spiro atoms. The van der Waals surface area contributed by atoms with Crippen LogP contribution in [0, 0.1) is 0 Å². The van der Waals surface area contributed by atoms with E-state index in [1.807, 2.05) is 84.9 Å². The van der Waals surface area contributed by atoms with Crippen LogP contribution in [-0.4, -0.2) is 37.9 Å². The van der Waals surface area contributed by atoms with Crippen molar-refractivity contribution < 1.29 is 14.0 Å². The molecule has 1 heterocycles. The van der Waals surface area contributed by atoms with Gasteiger partial charge < -0.3 is 14.0 Å². The third kappa shape index (κ3) is 4.30. The van der Waals surface area contributed by atoms with Crippen molar-refractivity contribution >= 4 is 17.8 Å². The Morgan fingerprint density at radius 3 is 2.07 bits per heavy atom. The summed E-state index contributed by atoms with van der Waals surface area (Å²) in [6, 6.07) is 27.7. The van der Waals surface area contributed by atoms with Crippen molar-refractivity contribution in [1.29, 1.82) is 0 Å². The zero-order chi connectivity index (χ0) is 20.1. The minimum atomic E-state index is -2.72. The fourth-order valence-corrected chi connectivity index (χ4v) is 6.48. The number of benzene rings is 3. The smallest absolute Gasteiger partial charge is 0.144 e. The Bertz CT molecular complexity index is 917. The Morgan fingerprint density at radius 1 is 0.931 bits per heavy atom. The largest absolute Gasteiger partial charge is 0.497 e.